The second-order valence-electron chi connectivity index (χ2n) is 4.39. The molecule has 0 N–H and O–H groups in total. The molecule has 0 aliphatic heterocycles. The van der Waals surface area contributed by atoms with E-state index in [-0.39, 0.29) is 0 Å². The van der Waals surface area contributed by atoms with Crippen molar-refractivity contribution in [2.45, 2.75) is 70.6 Å². The molecule has 0 aromatic heterocycles. The van der Waals surface area contributed by atoms with Gasteiger partial charge in [-0.1, -0.05) is 57.1 Å². The molecule has 0 fully saturated rings. The molecule has 1 aliphatic rings. The summed E-state index contributed by atoms with van der Waals surface area (Å²) in [4.78, 5) is 0. The molecular weight excluding hydrogens is 168 g/mol. The van der Waals surface area contributed by atoms with E-state index in [4.69, 9.17) is 0 Å². The fraction of sp³-hybridized carbons (Fsp3) is 0.786. The molecule has 0 aromatic rings. The van der Waals surface area contributed by atoms with Crippen LogP contribution in [0.25, 0.3) is 0 Å². The number of allylic oxidation sites excluding steroid dienone is 2. The second kappa shape index (κ2) is 9.30. The Labute approximate surface area is 89.8 Å². The van der Waals surface area contributed by atoms with Gasteiger partial charge in [0.15, 0.2) is 0 Å². The highest BCUT2D eigenvalue weighted by atomic mass is 14.0. The van der Waals surface area contributed by atoms with Gasteiger partial charge in [-0.2, -0.15) is 0 Å². The van der Waals surface area contributed by atoms with Gasteiger partial charge in [-0.3, -0.25) is 0 Å². The minimum atomic E-state index is 1.26. The smallest absolute Gasteiger partial charge is 0.0348 e. The first-order valence-electron chi connectivity index (χ1n) is 6.47. The number of hydrogen-bond donors (Lipinski definition) is 0. The van der Waals surface area contributed by atoms with Gasteiger partial charge in [0.2, 0.25) is 0 Å². The first-order chi connectivity index (χ1) is 7.00. The molecule has 0 atom stereocenters. The third-order valence-electron chi connectivity index (χ3n) is 2.98. The zero-order chi connectivity index (χ0) is 9.90. The van der Waals surface area contributed by atoms with Crippen molar-refractivity contribution in [3.05, 3.63) is 18.6 Å². The molecule has 0 spiro atoms. The highest BCUT2D eigenvalue weighted by Crippen LogP contribution is 2.12. The van der Waals surface area contributed by atoms with Gasteiger partial charge in [0, 0.05) is 0 Å². The lowest BCUT2D eigenvalue weighted by Crippen LogP contribution is -1.83. The quantitative estimate of drug-likeness (QED) is 0.472. The van der Waals surface area contributed by atoms with Crippen LogP contribution in [-0.4, -0.2) is 0 Å². The van der Waals surface area contributed by atoms with Crippen molar-refractivity contribution in [3.63, 3.8) is 0 Å². The van der Waals surface area contributed by atoms with Crippen LogP contribution in [0.3, 0.4) is 0 Å². The highest BCUT2D eigenvalue weighted by Gasteiger charge is 1.93. The molecule has 0 nitrogen and oxygen atoms in total. The van der Waals surface area contributed by atoms with E-state index in [1.807, 2.05) is 0 Å². The van der Waals surface area contributed by atoms with Crippen molar-refractivity contribution in [1.29, 1.82) is 0 Å². The molecule has 0 saturated heterocycles. The standard InChI is InChI=1S/C14H25/c1-2-4-6-8-10-12-14-13-11-9-7-5-3-1/h1-2,7H,3-6,8-14H2/b2-1-. The number of hydrogen-bond acceptors (Lipinski definition) is 0. The van der Waals surface area contributed by atoms with E-state index in [0.29, 0.717) is 0 Å². The maximum Gasteiger partial charge on any atom is -0.0348 e. The molecule has 0 saturated carbocycles. The third kappa shape index (κ3) is 7.17. The van der Waals surface area contributed by atoms with Crippen LogP contribution in [0.5, 0.6) is 0 Å². The van der Waals surface area contributed by atoms with E-state index in [2.05, 4.69) is 18.6 Å². The largest absolute Gasteiger partial charge is 0.0885 e. The fourth-order valence-electron chi connectivity index (χ4n) is 2.03. The van der Waals surface area contributed by atoms with E-state index in [1.54, 1.807) is 0 Å². The second-order valence-corrected chi connectivity index (χ2v) is 4.39. The summed E-state index contributed by atoms with van der Waals surface area (Å²) in [5.74, 6) is 0. The summed E-state index contributed by atoms with van der Waals surface area (Å²) in [5, 5.41) is 0. The highest BCUT2D eigenvalue weighted by molar-refractivity contribution is 4.83. The van der Waals surface area contributed by atoms with Gasteiger partial charge in [0.05, 0.1) is 0 Å². The minimum absolute atomic E-state index is 1.26. The lowest BCUT2D eigenvalue weighted by Gasteiger charge is -2.02. The van der Waals surface area contributed by atoms with Crippen LogP contribution in [-0.2, 0) is 0 Å². The summed E-state index contributed by atoms with van der Waals surface area (Å²) in [6.45, 7) is 0. The van der Waals surface area contributed by atoms with E-state index in [9.17, 15) is 0 Å². The summed E-state index contributed by atoms with van der Waals surface area (Å²) in [6.07, 6.45) is 22.5. The average molecular weight is 193 g/mol. The van der Waals surface area contributed by atoms with E-state index < -0.39 is 0 Å². The summed E-state index contributed by atoms with van der Waals surface area (Å²) in [5.41, 5.74) is 0. The van der Waals surface area contributed by atoms with Crippen molar-refractivity contribution in [1.82, 2.24) is 0 Å². The Morgan fingerprint density at radius 1 is 0.429 bits per heavy atom. The Hall–Kier alpha value is -0.260. The van der Waals surface area contributed by atoms with Crippen molar-refractivity contribution in [3.8, 4) is 0 Å². The molecule has 0 heterocycles. The first-order valence-corrected chi connectivity index (χ1v) is 6.47. The molecule has 0 amide bonds. The van der Waals surface area contributed by atoms with Gasteiger partial charge in [0.1, 0.15) is 0 Å². The Morgan fingerprint density at radius 2 is 1.00 bits per heavy atom. The minimum Gasteiger partial charge on any atom is -0.0885 e. The molecule has 1 aliphatic carbocycles. The van der Waals surface area contributed by atoms with Crippen LogP contribution in [0.4, 0.5) is 0 Å². The summed E-state index contributed by atoms with van der Waals surface area (Å²) in [7, 11) is 0. The summed E-state index contributed by atoms with van der Waals surface area (Å²) >= 11 is 0. The SMILES string of the molecule is [CH]1CC/C=C\CCCCCCCCC1. The van der Waals surface area contributed by atoms with Gasteiger partial charge in [-0.25, -0.2) is 0 Å². The van der Waals surface area contributed by atoms with Crippen molar-refractivity contribution in [2.75, 3.05) is 0 Å². The Bertz CT molecular complexity index is 119. The van der Waals surface area contributed by atoms with Crippen LogP contribution >= 0.6 is 0 Å². The molecule has 81 valence electrons. The number of rotatable bonds is 0. The molecule has 1 rings (SSSR count). The predicted octanol–water partition coefficient (Wildman–Crippen LogP) is 5.05. The Morgan fingerprint density at radius 3 is 1.79 bits per heavy atom. The average Bonchev–Trinajstić information content (AvgIpc) is 2.22. The van der Waals surface area contributed by atoms with Crippen LogP contribution in [0, 0.1) is 6.42 Å². The molecule has 0 bridgehead atoms. The van der Waals surface area contributed by atoms with Crippen molar-refractivity contribution >= 4 is 0 Å². The molecule has 0 unspecified atom stereocenters. The summed E-state index contributed by atoms with van der Waals surface area (Å²) < 4.78 is 0. The maximum atomic E-state index is 2.47. The first kappa shape index (κ1) is 11.8. The lowest BCUT2D eigenvalue weighted by atomic mass is 10.0. The maximum absolute atomic E-state index is 2.47. The molecule has 1 radical (unpaired) electrons. The molecular formula is C14H25. The van der Waals surface area contributed by atoms with Crippen LogP contribution in [0.15, 0.2) is 12.2 Å². The van der Waals surface area contributed by atoms with E-state index >= 15 is 0 Å². The fourth-order valence-corrected chi connectivity index (χ4v) is 2.03. The van der Waals surface area contributed by atoms with Gasteiger partial charge in [-0.05, 0) is 32.1 Å². The van der Waals surface area contributed by atoms with Gasteiger partial charge in [0.25, 0.3) is 0 Å². The zero-order valence-electron chi connectivity index (χ0n) is 9.51. The van der Waals surface area contributed by atoms with Gasteiger partial charge in [-0.15, -0.1) is 0 Å². The van der Waals surface area contributed by atoms with Crippen molar-refractivity contribution < 1.29 is 0 Å². The molecule has 0 heteroatoms. The summed E-state index contributed by atoms with van der Waals surface area (Å²) in [6, 6.07) is 0. The Kier molecular flexibility index (Phi) is 7.85. The van der Waals surface area contributed by atoms with Gasteiger partial charge >= 0.3 is 0 Å². The van der Waals surface area contributed by atoms with Gasteiger partial charge < -0.3 is 0 Å². The van der Waals surface area contributed by atoms with Crippen LogP contribution < -0.4 is 0 Å². The van der Waals surface area contributed by atoms with E-state index in [0.717, 1.165) is 0 Å². The molecule has 0 aromatic carbocycles. The van der Waals surface area contributed by atoms with E-state index in [1.165, 1.54) is 70.6 Å². The van der Waals surface area contributed by atoms with Crippen LogP contribution in [0.1, 0.15) is 70.6 Å². The van der Waals surface area contributed by atoms with Crippen LogP contribution in [0.2, 0.25) is 0 Å². The monoisotopic (exact) mass is 193 g/mol. The zero-order valence-corrected chi connectivity index (χ0v) is 9.51. The topological polar surface area (TPSA) is 0 Å². The Balaban J connectivity index is 2.09. The third-order valence-corrected chi connectivity index (χ3v) is 2.98. The lowest BCUT2D eigenvalue weighted by molar-refractivity contribution is 0.575. The predicted molar refractivity (Wildman–Crippen MR) is 64.2 cm³/mol. The molecule has 14 heavy (non-hydrogen) atoms. The normalized spacial score (nSPS) is 25.1. The van der Waals surface area contributed by atoms with Crippen molar-refractivity contribution in [2.24, 2.45) is 0 Å².